The van der Waals surface area contributed by atoms with Crippen molar-refractivity contribution in [3.8, 4) is 0 Å². The van der Waals surface area contributed by atoms with Crippen LogP contribution in [0.15, 0.2) is 0 Å². The lowest BCUT2D eigenvalue weighted by molar-refractivity contribution is -0.282. The second-order valence-electron chi connectivity index (χ2n) is 5.69. The van der Waals surface area contributed by atoms with E-state index in [0.29, 0.717) is 6.92 Å². The molecule has 0 unspecified atom stereocenters. The van der Waals surface area contributed by atoms with Crippen molar-refractivity contribution in [1.29, 1.82) is 0 Å². The van der Waals surface area contributed by atoms with Gasteiger partial charge in [-0.1, -0.05) is 0 Å². The standard InChI is InChI=1S/C13H13F10NO5/c1-4(2)28-7(25)6(24-8(26)10(14,15)12(18,19)20)5(3)29-9(27)11(16,17)13(21,22)23/h4-6H,1-3H3,(H,24,26)/t5-,6+/m0/s1. The lowest BCUT2D eigenvalue weighted by Gasteiger charge is -2.28. The first-order valence-corrected chi connectivity index (χ1v) is 7.27. The molecule has 1 N–H and O–H groups in total. The van der Waals surface area contributed by atoms with Crippen molar-refractivity contribution >= 4 is 17.8 Å². The monoisotopic (exact) mass is 453 g/mol. The summed E-state index contributed by atoms with van der Waals surface area (Å²) >= 11 is 0. The van der Waals surface area contributed by atoms with Crippen LogP contribution in [0.1, 0.15) is 20.8 Å². The molecule has 0 saturated heterocycles. The van der Waals surface area contributed by atoms with Crippen LogP contribution in [0.5, 0.6) is 0 Å². The Morgan fingerprint density at radius 2 is 1.14 bits per heavy atom. The second kappa shape index (κ2) is 8.61. The van der Waals surface area contributed by atoms with Crippen LogP contribution in [0.3, 0.4) is 0 Å². The van der Waals surface area contributed by atoms with Crippen molar-refractivity contribution in [3.63, 3.8) is 0 Å². The number of alkyl halides is 10. The molecule has 0 fully saturated rings. The maximum atomic E-state index is 13.0. The van der Waals surface area contributed by atoms with Crippen LogP contribution < -0.4 is 5.32 Å². The van der Waals surface area contributed by atoms with Gasteiger partial charge in [-0.3, -0.25) is 4.79 Å². The number of rotatable bonds is 7. The fraction of sp³-hybridized carbons (Fsp3) is 0.769. The molecule has 0 bridgehead atoms. The van der Waals surface area contributed by atoms with Crippen LogP contribution in [0.25, 0.3) is 0 Å². The third-order valence-electron chi connectivity index (χ3n) is 2.91. The Kier molecular flexibility index (Phi) is 7.93. The fourth-order valence-corrected chi connectivity index (χ4v) is 1.46. The number of carbonyl (C=O) groups excluding carboxylic acids is 3. The van der Waals surface area contributed by atoms with E-state index in [1.165, 1.54) is 0 Å². The van der Waals surface area contributed by atoms with Gasteiger partial charge in [-0.15, -0.1) is 0 Å². The Balaban J connectivity index is 5.72. The van der Waals surface area contributed by atoms with E-state index >= 15 is 0 Å². The zero-order valence-corrected chi connectivity index (χ0v) is 14.6. The van der Waals surface area contributed by atoms with Crippen molar-refractivity contribution in [2.45, 2.75) is 63.2 Å². The Hall–Kier alpha value is -2.29. The minimum atomic E-state index is -6.44. The van der Waals surface area contributed by atoms with Crippen molar-refractivity contribution in [1.82, 2.24) is 5.32 Å². The molecule has 1 amide bonds. The Labute approximate surface area is 155 Å². The normalized spacial score (nSPS) is 15.5. The first-order chi connectivity index (χ1) is 12.7. The molecule has 0 aromatic heterocycles. The predicted molar refractivity (Wildman–Crippen MR) is 70.7 cm³/mol. The van der Waals surface area contributed by atoms with E-state index in [2.05, 4.69) is 9.47 Å². The van der Waals surface area contributed by atoms with E-state index in [0.717, 1.165) is 19.2 Å². The highest BCUT2D eigenvalue weighted by atomic mass is 19.4. The van der Waals surface area contributed by atoms with Gasteiger partial charge in [0.1, 0.15) is 6.10 Å². The molecule has 170 valence electrons. The third-order valence-corrected chi connectivity index (χ3v) is 2.91. The largest absolute Gasteiger partial charge is 0.465 e. The van der Waals surface area contributed by atoms with E-state index in [1.54, 1.807) is 0 Å². The Morgan fingerprint density at radius 1 is 0.724 bits per heavy atom. The van der Waals surface area contributed by atoms with Crippen LogP contribution in [-0.4, -0.2) is 60.3 Å². The summed E-state index contributed by atoms with van der Waals surface area (Å²) in [6.07, 6.45) is -16.5. The van der Waals surface area contributed by atoms with Gasteiger partial charge in [0, 0.05) is 0 Å². The highest BCUT2D eigenvalue weighted by Crippen LogP contribution is 2.37. The summed E-state index contributed by atoms with van der Waals surface area (Å²) in [4.78, 5) is 34.0. The summed E-state index contributed by atoms with van der Waals surface area (Å²) in [6.45, 7) is 2.65. The van der Waals surface area contributed by atoms with Crippen LogP contribution >= 0.6 is 0 Å². The summed E-state index contributed by atoms with van der Waals surface area (Å²) in [5.74, 6) is -20.5. The van der Waals surface area contributed by atoms with Crippen LogP contribution in [0.4, 0.5) is 43.9 Å². The van der Waals surface area contributed by atoms with Crippen molar-refractivity contribution < 1.29 is 67.8 Å². The van der Waals surface area contributed by atoms with E-state index in [4.69, 9.17) is 0 Å². The first-order valence-electron chi connectivity index (χ1n) is 7.27. The summed E-state index contributed by atoms with van der Waals surface area (Å²) in [5.41, 5.74) is 0. The van der Waals surface area contributed by atoms with E-state index in [-0.39, 0.29) is 0 Å². The van der Waals surface area contributed by atoms with Gasteiger partial charge in [-0.25, -0.2) is 9.59 Å². The molecular weight excluding hydrogens is 440 g/mol. The molecular formula is C13H13F10NO5. The molecule has 0 aromatic carbocycles. The van der Waals surface area contributed by atoms with Gasteiger partial charge in [0.15, 0.2) is 6.04 Å². The molecule has 0 radical (unpaired) electrons. The topological polar surface area (TPSA) is 81.7 Å². The third kappa shape index (κ3) is 6.35. The van der Waals surface area contributed by atoms with Gasteiger partial charge in [-0.05, 0) is 20.8 Å². The zero-order chi connectivity index (χ0) is 23.6. The lowest BCUT2D eigenvalue weighted by atomic mass is 10.1. The number of hydrogen-bond acceptors (Lipinski definition) is 5. The van der Waals surface area contributed by atoms with Gasteiger partial charge in [0.05, 0.1) is 6.10 Å². The van der Waals surface area contributed by atoms with Gasteiger partial charge < -0.3 is 14.8 Å². The summed E-state index contributed by atoms with van der Waals surface area (Å²) < 4.78 is 133. The molecule has 2 atom stereocenters. The van der Waals surface area contributed by atoms with Crippen LogP contribution in [0, 0.1) is 0 Å². The number of nitrogens with one attached hydrogen (secondary N) is 1. The van der Waals surface area contributed by atoms with E-state index in [9.17, 15) is 58.3 Å². The highest BCUT2D eigenvalue weighted by molar-refractivity contribution is 5.90. The Bertz CT molecular complexity index is 628. The van der Waals surface area contributed by atoms with Crippen LogP contribution in [0.2, 0.25) is 0 Å². The molecule has 0 heterocycles. The summed E-state index contributed by atoms with van der Waals surface area (Å²) in [5, 5.41) is 0.777. The number of esters is 2. The van der Waals surface area contributed by atoms with Gasteiger partial charge in [0.2, 0.25) is 0 Å². The maximum absolute atomic E-state index is 13.0. The van der Waals surface area contributed by atoms with Crippen molar-refractivity contribution in [2.24, 2.45) is 0 Å². The number of ether oxygens (including phenoxy) is 2. The minimum absolute atomic E-state index is 0.378. The molecule has 0 aliphatic rings. The number of hydrogen-bond donors (Lipinski definition) is 1. The average molecular weight is 453 g/mol. The molecule has 6 nitrogen and oxygen atoms in total. The molecule has 0 aliphatic heterocycles. The van der Waals surface area contributed by atoms with Crippen LogP contribution in [-0.2, 0) is 23.9 Å². The molecule has 0 spiro atoms. The van der Waals surface area contributed by atoms with E-state index < -0.39 is 60.3 Å². The first kappa shape index (κ1) is 26.7. The average Bonchev–Trinajstić information content (AvgIpc) is 2.48. The molecule has 29 heavy (non-hydrogen) atoms. The Morgan fingerprint density at radius 3 is 1.48 bits per heavy atom. The van der Waals surface area contributed by atoms with E-state index in [1.807, 2.05) is 0 Å². The number of halogens is 10. The number of carbonyl (C=O) groups is 3. The number of amides is 1. The van der Waals surface area contributed by atoms with Gasteiger partial charge in [-0.2, -0.15) is 43.9 Å². The summed E-state index contributed by atoms with van der Waals surface area (Å²) in [7, 11) is 0. The molecule has 0 aliphatic carbocycles. The molecule has 0 saturated carbocycles. The molecule has 16 heteroatoms. The fourth-order valence-electron chi connectivity index (χ4n) is 1.46. The quantitative estimate of drug-likeness (QED) is 0.474. The lowest BCUT2D eigenvalue weighted by Crippen LogP contribution is -2.59. The molecule has 0 rings (SSSR count). The van der Waals surface area contributed by atoms with Crippen molar-refractivity contribution in [2.75, 3.05) is 0 Å². The van der Waals surface area contributed by atoms with Gasteiger partial charge in [0.25, 0.3) is 0 Å². The highest BCUT2D eigenvalue weighted by Gasteiger charge is 2.66. The molecule has 0 aromatic rings. The van der Waals surface area contributed by atoms with Crippen molar-refractivity contribution in [3.05, 3.63) is 0 Å². The minimum Gasteiger partial charge on any atom is -0.461 e. The second-order valence-corrected chi connectivity index (χ2v) is 5.69. The predicted octanol–water partition coefficient (Wildman–Crippen LogP) is 2.75. The zero-order valence-electron chi connectivity index (χ0n) is 14.6. The van der Waals surface area contributed by atoms with Gasteiger partial charge >= 0.3 is 42.0 Å². The maximum Gasteiger partial charge on any atom is 0.465 e. The summed E-state index contributed by atoms with van der Waals surface area (Å²) in [6, 6.07) is -2.77. The smallest absolute Gasteiger partial charge is 0.461 e. The SMILES string of the molecule is CC(C)OC(=O)[C@H](NC(=O)C(F)(F)C(F)(F)F)[C@H](C)OC(=O)C(F)(F)C(F)(F)F.